The van der Waals surface area contributed by atoms with E-state index in [1.54, 1.807) is 25.3 Å². The molecule has 1 aromatic carbocycles. The van der Waals surface area contributed by atoms with Gasteiger partial charge in [-0.2, -0.15) is 0 Å². The van der Waals surface area contributed by atoms with Crippen LogP contribution in [0.4, 0.5) is 5.69 Å². The number of ether oxygens (including phenoxy) is 1. The molecule has 0 unspecified atom stereocenters. The van der Waals surface area contributed by atoms with E-state index in [1.165, 1.54) is 0 Å². The number of halogens is 1. The third-order valence-corrected chi connectivity index (χ3v) is 3.20. The van der Waals surface area contributed by atoms with Gasteiger partial charge in [-0.3, -0.25) is 4.79 Å². The smallest absolute Gasteiger partial charge is 0.230 e. The normalized spacial score (nSPS) is 11.1. The van der Waals surface area contributed by atoms with E-state index >= 15 is 0 Å². The van der Waals surface area contributed by atoms with Crippen LogP contribution in [0.5, 0.6) is 5.75 Å². The number of amides is 1. The van der Waals surface area contributed by atoms with Gasteiger partial charge in [0.15, 0.2) is 0 Å². The zero-order chi connectivity index (χ0) is 13.1. The van der Waals surface area contributed by atoms with Crippen molar-refractivity contribution in [3.8, 4) is 5.75 Å². The second-order valence-electron chi connectivity index (χ2n) is 4.54. The van der Waals surface area contributed by atoms with E-state index in [1.807, 2.05) is 20.8 Å². The molecular weight excluding hydrogens is 238 g/mol. The number of methoxy groups -OCH3 is 1. The fourth-order valence-electron chi connectivity index (χ4n) is 1.20. The molecule has 0 heterocycles. The van der Waals surface area contributed by atoms with Gasteiger partial charge in [0.1, 0.15) is 5.75 Å². The van der Waals surface area contributed by atoms with E-state index in [4.69, 9.17) is 16.3 Å². The maximum absolute atomic E-state index is 11.9. The molecule has 17 heavy (non-hydrogen) atoms. The molecule has 1 amide bonds. The average molecular weight is 256 g/mol. The van der Waals surface area contributed by atoms with Crippen molar-refractivity contribution in [2.45, 2.75) is 27.2 Å². The van der Waals surface area contributed by atoms with Crippen molar-refractivity contribution < 1.29 is 9.53 Å². The fraction of sp³-hybridized carbons (Fsp3) is 0.462. The maximum Gasteiger partial charge on any atom is 0.230 e. The number of rotatable bonds is 4. The van der Waals surface area contributed by atoms with Crippen LogP contribution in [0.2, 0.25) is 5.02 Å². The van der Waals surface area contributed by atoms with E-state index in [9.17, 15) is 4.79 Å². The molecule has 0 spiro atoms. The third kappa shape index (κ3) is 3.37. The molecule has 0 aliphatic rings. The summed E-state index contributed by atoms with van der Waals surface area (Å²) in [6.07, 6.45) is 0.780. The molecule has 0 saturated carbocycles. The summed E-state index contributed by atoms with van der Waals surface area (Å²) in [4.78, 5) is 11.9. The summed E-state index contributed by atoms with van der Waals surface area (Å²) in [5.41, 5.74) is 0.300. The number of hydrogen-bond donors (Lipinski definition) is 1. The minimum Gasteiger partial charge on any atom is -0.495 e. The van der Waals surface area contributed by atoms with E-state index in [2.05, 4.69) is 5.32 Å². The van der Waals surface area contributed by atoms with E-state index in [0.29, 0.717) is 16.5 Å². The van der Waals surface area contributed by atoms with Gasteiger partial charge in [0.05, 0.1) is 12.1 Å². The zero-order valence-electron chi connectivity index (χ0n) is 10.6. The van der Waals surface area contributed by atoms with Crippen LogP contribution in [0.15, 0.2) is 18.2 Å². The highest BCUT2D eigenvalue weighted by Crippen LogP contribution is 2.28. The van der Waals surface area contributed by atoms with Crippen molar-refractivity contribution in [3.05, 3.63) is 23.2 Å². The first-order valence-electron chi connectivity index (χ1n) is 5.55. The summed E-state index contributed by atoms with van der Waals surface area (Å²) in [6.45, 7) is 5.81. The van der Waals surface area contributed by atoms with Crippen LogP contribution >= 0.6 is 11.6 Å². The number of carbonyl (C=O) groups excluding carboxylic acids is 1. The third-order valence-electron chi connectivity index (χ3n) is 2.91. The Labute approximate surface area is 107 Å². The molecule has 0 fully saturated rings. The highest BCUT2D eigenvalue weighted by Gasteiger charge is 2.25. The summed E-state index contributed by atoms with van der Waals surface area (Å²) in [5, 5.41) is 3.33. The van der Waals surface area contributed by atoms with E-state index < -0.39 is 0 Å². The fourth-order valence-corrected chi connectivity index (χ4v) is 1.46. The SMILES string of the molecule is CCC(C)(C)C(=O)Nc1ccc(OC)c(Cl)c1. The molecule has 0 radical (unpaired) electrons. The lowest BCUT2D eigenvalue weighted by Gasteiger charge is -2.21. The summed E-state index contributed by atoms with van der Waals surface area (Å²) >= 11 is 5.98. The number of benzene rings is 1. The molecule has 0 saturated heterocycles. The Hall–Kier alpha value is -1.22. The molecule has 94 valence electrons. The number of hydrogen-bond acceptors (Lipinski definition) is 2. The van der Waals surface area contributed by atoms with Crippen LogP contribution in [-0.4, -0.2) is 13.0 Å². The highest BCUT2D eigenvalue weighted by atomic mass is 35.5. The number of anilines is 1. The first-order valence-corrected chi connectivity index (χ1v) is 5.93. The van der Waals surface area contributed by atoms with Crippen LogP contribution in [0.3, 0.4) is 0 Å². The Morgan fingerprint density at radius 1 is 1.47 bits per heavy atom. The Kier molecular flexibility index (Phi) is 4.40. The first kappa shape index (κ1) is 13.8. The van der Waals surface area contributed by atoms with Gasteiger partial charge in [-0.15, -0.1) is 0 Å². The highest BCUT2D eigenvalue weighted by molar-refractivity contribution is 6.32. The maximum atomic E-state index is 11.9. The lowest BCUT2D eigenvalue weighted by molar-refractivity contribution is -0.124. The molecule has 0 bridgehead atoms. The largest absolute Gasteiger partial charge is 0.495 e. The van der Waals surface area contributed by atoms with Crippen molar-refractivity contribution in [1.29, 1.82) is 0 Å². The lowest BCUT2D eigenvalue weighted by atomic mass is 9.89. The van der Waals surface area contributed by atoms with Gasteiger partial charge in [-0.25, -0.2) is 0 Å². The summed E-state index contributed by atoms with van der Waals surface area (Å²) in [7, 11) is 1.56. The summed E-state index contributed by atoms with van der Waals surface area (Å²) in [5.74, 6) is 0.584. The Balaban J connectivity index is 2.83. The van der Waals surface area contributed by atoms with E-state index in [0.717, 1.165) is 6.42 Å². The average Bonchev–Trinajstić information content (AvgIpc) is 2.29. The molecule has 3 nitrogen and oxygen atoms in total. The number of nitrogens with one attached hydrogen (secondary N) is 1. The summed E-state index contributed by atoms with van der Waals surface area (Å²) in [6, 6.07) is 5.19. The topological polar surface area (TPSA) is 38.3 Å². The predicted octanol–water partition coefficient (Wildman–Crippen LogP) is 3.72. The standard InChI is InChI=1S/C13H18ClNO2/c1-5-13(2,3)12(16)15-9-6-7-11(17-4)10(14)8-9/h6-8H,5H2,1-4H3,(H,15,16). The summed E-state index contributed by atoms with van der Waals surface area (Å²) < 4.78 is 5.05. The monoisotopic (exact) mass is 255 g/mol. The first-order chi connectivity index (χ1) is 7.90. The second kappa shape index (κ2) is 5.41. The van der Waals surface area contributed by atoms with Crippen LogP contribution in [0.25, 0.3) is 0 Å². The molecule has 0 aliphatic heterocycles. The molecular formula is C13H18ClNO2. The van der Waals surface area contributed by atoms with Gasteiger partial charge >= 0.3 is 0 Å². The van der Waals surface area contributed by atoms with Gasteiger partial charge in [0, 0.05) is 11.1 Å². The van der Waals surface area contributed by atoms with Gasteiger partial charge < -0.3 is 10.1 Å². The van der Waals surface area contributed by atoms with Gasteiger partial charge in [-0.1, -0.05) is 32.4 Å². The van der Waals surface area contributed by atoms with Crippen LogP contribution in [0, 0.1) is 5.41 Å². The molecule has 1 aromatic rings. The quantitative estimate of drug-likeness (QED) is 0.890. The van der Waals surface area contributed by atoms with Crippen molar-refractivity contribution in [1.82, 2.24) is 0 Å². The van der Waals surface area contributed by atoms with Gasteiger partial charge in [0.25, 0.3) is 0 Å². The number of carbonyl (C=O) groups is 1. The predicted molar refractivity (Wildman–Crippen MR) is 70.7 cm³/mol. The Morgan fingerprint density at radius 3 is 2.59 bits per heavy atom. The van der Waals surface area contributed by atoms with Crippen molar-refractivity contribution >= 4 is 23.2 Å². The van der Waals surface area contributed by atoms with Crippen molar-refractivity contribution in [2.24, 2.45) is 5.41 Å². The molecule has 0 atom stereocenters. The molecule has 0 aromatic heterocycles. The minimum absolute atomic E-state index is 0.0127. The Morgan fingerprint density at radius 2 is 2.12 bits per heavy atom. The van der Waals surface area contributed by atoms with Gasteiger partial charge in [-0.05, 0) is 24.6 Å². The minimum atomic E-state index is -0.383. The van der Waals surface area contributed by atoms with Gasteiger partial charge in [0.2, 0.25) is 5.91 Å². The second-order valence-corrected chi connectivity index (χ2v) is 4.95. The molecule has 1 N–H and O–H groups in total. The van der Waals surface area contributed by atoms with Crippen LogP contribution in [0.1, 0.15) is 27.2 Å². The zero-order valence-corrected chi connectivity index (χ0v) is 11.4. The molecule has 1 rings (SSSR count). The Bertz CT molecular complexity index is 416. The molecule has 4 heteroatoms. The van der Waals surface area contributed by atoms with Crippen LogP contribution < -0.4 is 10.1 Å². The lowest BCUT2D eigenvalue weighted by Crippen LogP contribution is -2.29. The van der Waals surface area contributed by atoms with E-state index in [-0.39, 0.29) is 11.3 Å². The van der Waals surface area contributed by atoms with Crippen LogP contribution in [-0.2, 0) is 4.79 Å². The van der Waals surface area contributed by atoms with Crippen molar-refractivity contribution in [3.63, 3.8) is 0 Å². The molecule has 0 aliphatic carbocycles. The van der Waals surface area contributed by atoms with Crippen molar-refractivity contribution in [2.75, 3.05) is 12.4 Å².